The first-order chi connectivity index (χ1) is 17.5. The molecule has 194 valence electrons. The third kappa shape index (κ3) is 4.79. The molecule has 0 unspecified atom stereocenters. The Kier molecular flexibility index (Phi) is 7.03. The Labute approximate surface area is 213 Å². The van der Waals surface area contributed by atoms with Crippen LogP contribution in [0, 0.1) is 6.92 Å². The minimum absolute atomic E-state index is 0.00722. The van der Waals surface area contributed by atoms with E-state index in [-0.39, 0.29) is 38.8 Å². The topological polar surface area (TPSA) is 147 Å². The maximum absolute atomic E-state index is 13.7. The second-order valence-electron chi connectivity index (χ2n) is 7.94. The highest BCUT2D eigenvalue weighted by Crippen LogP contribution is 2.43. The first kappa shape index (κ1) is 25.9. The molecule has 4 heterocycles. The zero-order valence-electron chi connectivity index (χ0n) is 20.3. The number of halogens is 2. The maximum Gasteiger partial charge on any atom is 0.356 e. The number of fused-ring (bicyclic) bond motifs is 1. The summed E-state index contributed by atoms with van der Waals surface area (Å²) in [4.78, 5) is 41.7. The molecule has 0 fully saturated rings. The number of pyridine rings is 1. The summed E-state index contributed by atoms with van der Waals surface area (Å²) in [5, 5.41) is 11.3. The van der Waals surface area contributed by atoms with Gasteiger partial charge in [0.15, 0.2) is 5.69 Å². The maximum atomic E-state index is 13.7. The van der Waals surface area contributed by atoms with Gasteiger partial charge in [-0.05, 0) is 32.4 Å². The van der Waals surface area contributed by atoms with Crippen molar-refractivity contribution in [2.24, 2.45) is 12.8 Å². The van der Waals surface area contributed by atoms with Crippen molar-refractivity contribution in [1.82, 2.24) is 24.5 Å². The molecular formula is C23H23F2N7O4S. The molecule has 2 amide bonds. The number of nitrogens with one attached hydrogen (secondary N) is 1. The molecule has 37 heavy (non-hydrogen) atoms. The number of hydrogen-bond donors (Lipinski definition) is 2. The van der Waals surface area contributed by atoms with Gasteiger partial charge in [-0.2, -0.15) is 10.2 Å². The average Bonchev–Trinajstić information content (AvgIpc) is 3.53. The van der Waals surface area contributed by atoms with E-state index in [4.69, 9.17) is 10.5 Å². The number of nitrogens with zero attached hydrogens (tertiary/aromatic N) is 5. The Morgan fingerprint density at radius 2 is 1.92 bits per heavy atom. The Morgan fingerprint density at radius 1 is 1.19 bits per heavy atom. The van der Waals surface area contributed by atoms with Crippen molar-refractivity contribution < 1.29 is 27.9 Å². The van der Waals surface area contributed by atoms with Gasteiger partial charge >= 0.3 is 5.97 Å². The highest BCUT2D eigenvalue weighted by molar-refractivity contribution is 7.21. The SMILES string of the molecule is CCOC(=O)c1cc(C(=O)Nc2c(C(N)=O)sc3nc(C(F)F)cc(-c4cn(CC)nc4C)c23)nn1C. The average molecular weight is 532 g/mol. The standard InChI is InChI=1S/C23H23F2N7O4S/c1-5-32-9-12(10(3)29-32)11-7-13(19(24)25)27-22-16(11)17(18(37-22)20(26)33)28-21(34)14-8-15(31(4)30-14)23(35)36-6-2/h7-9,19H,5-6H2,1-4H3,(H2,26,33)(H,28,34). The zero-order valence-corrected chi connectivity index (χ0v) is 21.2. The monoisotopic (exact) mass is 531 g/mol. The molecule has 11 nitrogen and oxygen atoms in total. The normalized spacial score (nSPS) is 11.3. The predicted molar refractivity (Wildman–Crippen MR) is 132 cm³/mol. The van der Waals surface area contributed by atoms with Crippen molar-refractivity contribution in [3.05, 3.63) is 46.0 Å². The van der Waals surface area contributed by atoms with Crippen molar-refractivity contribution in [3.8, 4) is 11.1 Å². The summed E-state index contributed by atoms with van der Waals surface area (Å²) in [6.07, 6.45) is -1.19. The van der Waals surface area contributed by atoms with Crippen LogP contribution in [0.4, 0.5) is 14.5 Å². The van der Waals surface area contributed by atoms with Crippen LogP contribution in [0.25, 0.3) is 21.3 Å². The lowest BCUT2D eigenvalue weighted by atomic mass is 10.0. The van der Waals surface area contributed by atoms with Gasteiger partial charge in [0.1, 0.15) is 21.1 Å². The van der Waals surface area contributed by atoms with Gasteiger partial charge in [-0.1, -0.05) is 0 Å². The second-order valence-corrected chi connectivity index (χ2v) is 8.94. The van der Waals surface area contributed by atoms with Crippen LogP contribution in [0.1, 0.15) is 62.3 Å². The van der Waals surface area contributed by atoms with Gasteiger partial charge in [-0.15, -0.1) is 11.3 Å². The molecule has 4 rings (SSSR count). The van der Waals surface area contributed by atoms with Gasteiger partial charge < -0.3 is 15.8 Å². The Hall–Kier alpha value is -4.20. The van der Waals surface area contributed by atoms with Crippen LogP contribution in [0.2, 0.25) is 0 Å². The van der Waals surface area contributed by atoms with E-state index in [1.54, 1.807) is 24.7 Å². The molecule has 4 aromatic heterocycles. The fourth-order valence-electron chi connectivity index (χ4n) is 3.83. The molecule has 14 heteroatoms. The minimum Gasteiger partial charge on any atom is -0.461 e. The van der Waals surface area contributed by atoms with Crippen molar-refractivity contribution in [3.63, 3.8) is 0 Å². The van der Waals surface area contributed by atoms with Crippen LogP contribution in [-0.2, 0) is 18.3 Å². The largest absolute Gasteiger partial charge is 0.461 e. The van der Waals surface area contributed by atoms with Crippen molar-refractivity contribution in [2.75, 3.05) is 11.9 Å². The molecule has 0 spiro atoms. The molecule has 0 radical (unpaired) electrons. The van der Waals surface area contributed by atoms with Gasteiger partial charge in [-0.25, -0.2) is 18.6 Å². The second kappa shape index (κ2) is 10.0. The Morgan fingerprint density at radius 3 is 2.51 bits per heavy atom. The number of carbonyl (C=O) groups excluding carboxylic acids is 3. The van der Waals surface area contributed by atoms with Crippen LogP contribution in [0.15, 0.2) is 18.3 Å². The predicted octanol–water partition coefficient (Wildman–Crippen LogP) is 3.69. The van der Waals surface area contributed by atoms with Gasteiger partial charge in [0.2, 0.25) is 0 Å². The Bertz CT molecular complexity index is 1540. The smallest absolute Gasteiger partial charge is 0.356 e. The number of hydrogen-bond acceptors (Lipinski definition) is 8. The molecule has 4 aromatic rings. The number of esters is 1. The highest BCUT2D eigenvalue weighted by atomic mass is 32.1. The first-order valence-corrected chi connectivity index (χ1v) is 12.0. The lowest BCUT2D eigenvalue weighted by Gasteiger charge is -2.10. The molecule has 0 saturated heterocycles. The number of ether oxygens (including phenoxy) is 1. The van der Waals surface area contributed by atoms with E-state index in [1.165, 1.54) is 23.9 Å². The molecular weight excluding hydrogens is 508 g/mol. The number of anilines is 1. The summed E-state index contributed by atoms with van der Waals surface area (Å²) in [5.74, 6) is -2.29. The van der Waals surface area contributed by atoms with Crippen LogP contribution in [0.5, 0.6) is 0 Å². The molecule has 0 aliphatic rings. The van der Waals surface area contributed by atoms with E-state index < -0.39 is 29.9 Å². The molecule has 0 aliphatic heterocycles. The number of rotatable bonds is 8. The van der Waals surface area contributed by atoms with Crippen LogP contribution in [0.3, 0.4) is 0 Å². The van der Waals surface area contributed by atoms with E-state index in [2.05, 4.69) is 20.5 Å². The van der Waals surface area contributed by atoms with Crippen molar-refractivity contribution >= 4 is 45.0 Å². The van der Waals surface area contributed by atoms with Gasteiger partial charge in [0, 0.05) is 36.8 Å². The van der Waals surface area contributed by atoms with E-state index in [9.17, 15) is 23.2 Å². The summed E-state index contributed by atoms with van der Waals surface area (Å²) in [6.45, 7) is 5.92. The fourth-order valence-corrected chi connectivity index (χ4v) is 4.84. The van der Waals surface area contributed by atoms with E-state index in [0.717, 1.165) is 11.3 Å². The van der Waals surface area contributed by atoms with Crippen LogP contribution < -0.4 is 11.1 Å². The van der Waals surface area contributed by atoms with Gasteiger partial charge in [0.05, 0.1) is 18.0 Å². The van der Waals surface area contributed by atoms with E-state index in [1.807, 2.05) is 6.92 Å². The number of aromatic nitrogens is 5. The van der Waals surface area contributed by atoms with Crippen LogP contribution >= 0.6 is 11.3 Å². The highest BCUT2D eigenvalue weighted by Gasteiger charge is 2.27. The van der Waals surface area contributed by atoms with Crippen molar-refractivity contribution in [1.29, 1.82) is 0 Å². The van der Waals surface area contributed by atoms with E-state index >= 15 is 0 Å². The number of thiophene rings is 1. The fraction of sp³-hybridized carbons (Fsp3) is 0.304. The summed E-state index contributed by atoms with van der Waals surface area (Å²) in [6, 6.07) is 2.46. The Balaban J connectivity index is 1.90. The molecule has 0 atom stereocenters. The summed E-state index contributed by atoms with van der Waals surface area (Å²) < 4.78 is 35.3. The van der Waals surface area contributed by atoms with Crippen molar-refractivity contribution in [2.45, 2.75) is 33.7 Å². The number of amides is 2. The third-order valence-electron chi connectivity index (χ3n) is 5.53. The number of nitrogens with two attached hydrogens (primary N) is 1. The lowest BCUT2D eigenvalue weighted by Crippen LogP contribution is -2.17. The van der Waals surface area contributed by atoms with E-state index in [0.29, 0.717) is 23.4 Å². The van der Waals surface area contributed by atoms with Gasteiger partial charge in [-0.3, -0.25) is 19.0 Å². The summed E-state index contributed by atoms with van der Waals surface area (Å²) in [5.41, 5.74) is 6.41. The quantitative estimate of drug-likeness (QED) is 0.330. The minimum atomic E-state index is -2.88. The number of alkyl halides is 2. The molecule has 0 bridgehead atoms. The first-order valence-electron chi connectivity index (χ1n) is 11.2. The molecule has 0 saturated carbocycles. The number of carbonyl (C=O) groups is 3. The summed E-state index contributed by atoms with van der Waals surface area (Å²) in [7, 11) is 1.47. The molecule has 3 N–H and O–H groups in total. The third-order valence-corrected chi connectivity index (χ3v) is 6.62. The number of primary amides is 1. The molecule has 0 aromatic carbocycles. The number of aryl methyl sites for hydroxylation is 3. The van der Waals surface area contributed by atoms with Gasteiger partial charge in [0.25, 0.3) is 18.2 Å². The zero-order chi connectivity index (χ0) is 27.0. The molecule has 0 aliphatic carbocycles. The summed E-state index contributed by atoms with van der Waals surface area (Å²) >= 11 is 0.787. The lowest BCUT2D eigenvalue weighted by molar-refractivity contribution is 0.0513. The van der Waals surface area contributed by atoms with Crippen LogP contribution in [-0.4, -0.2) is 48.9 Å².